The Balaban J connectivity index is 2.46. The third kappa shape index (κ3) is 9.90. The predicted molar refractivity (Wildman–Crippen MR) is 147 cm³/mol. The van der Waals surface area contributed by atoms with Gasteiger partial charge in [-0.05, 0) is 51.7 Å². The van der Waals surface area contributed by atoms with Crippen LogP contribution in [0.5, 0.6) is 0 Å². The number of hydrogen-bond acceptors (Lipinski definition) is 4. The van der Waals surface area contributed by atoms with Gasteiger partial charge in [0.15, 0.2) is 0 Å². The topological polar surface area (TPSA) is 87.7 Å². The van der Waals surface area contributed by atoms with Crippen LogP contribution in [0.15, 0.2) is 60.7 Å². The molecule has 3 atom stereocenters. The van der Waals surface area contributed by atoms with E-state index in [4.69, 9.17) is 4.74 Å². The highest BCUT2D eigenvalue weighted by molar-refractivity contribution is 5.92. The molecule has 0 heterocycles. The summed E-state index contributed by atoms with van der Waals surface area (Å²) in [6, 6.07) is 17.1. The molecule has 0 fully saturated rings. The van der Waals surface area contributed by atoms with E-state index in [2.05, 4.69) is 17.6 Å². The molecule has 0 aliphatic rings. The van der Waals surface area contributed by atoms with E-state index >= 15 is 0 Å². The molecule has 3 unspecified atom stereocenters. The lowest BCUT2D eigenvalue weighted by molar-refractivity contribution is -0.142. The number of nitrogens with one attached hydrogen (secondary N) is 2. The molecule has 2 N–H and O–H groups in total. The number of rotatable bonds is 12. The number of alkyl carbamates (subject to hydrolysis) is 1. The monoisotopic (exact) mass is 509 g/mol. The molecule has 0 aromatic heterocycles. The van der Waals surface area contributed by atoms with Gasteiger partial charge in [-0.1, -0.05) is 80.9 Å². The first-order valence-electron chi connectivity index (χ1n) is 13.2. The van der Waals surface area contributed by atoms with Crippen LogP contribution in [-0.4, -0.2) is 47.0 Å². The first-order chi connectivity index (χ1) is 17.6. The number of hydrogen-bond donors (Lipinski definition) is 2. The summed E-state index contributed by atoms with van der Waals surface area (Å²) in [5, 5.41) is 5.87. The smallest absolute Gasteiger partial charge is 0.408 e. The lowest BCUT2D eigenvalue weighted by Crippen LogP contribution is -2.54. The van der Waals surface area contributed by atoms with Crippen LogP contribution in [0.25, 0.3) is 0 Å². The van der Waals surface area contributed by atoms with Gasteiger partial charge in [-0.15, -0.1) is 0 Å². The molecule has 2 aromatic rings. The third-order valence-electron chi connectivity index (χ3n) is 5.80. The Morgan fingerprint density at radius 1 is 0.892 bits per heavy atom. The molecule has 0 radical (unpaired) electrons. The Morgan fingerprint density at radius 2 is 1.49 bits per heavy atom. The highest BCUT2D eigenvalue weighted by atomic mass is 16.6. The minimum atomic E-state index is -0.907. The molecular weight excluding hydrogens is 466 g/mol. The fraction of sp³-hybridized carbons (Fsp3) is 0.500. The van der Waals surface area contributed by atoms with Gasteiger partial charge in [-0.3, -0.25) is 9.59 Å². The maximum absolute atomic E-state index is 14.1. The zero-order valence-corrected chi connectivity index (χ0v) is 23.1. The van der Waals surface area contributed by atoms with E-state index in [0.29, 0.717) is 13.0 Å². The molecule has 0 saturated heterocycles. The van der Waals surface area contributed by atoms with Crippen molar-refractivity contribution in [1.29, 1.82) is 0 Å². The number of ether oxygens (including phenoxy) is 1. The third-order valence-corrected chi connectivity index (χ3v) is 5.80. The summed E-state index contributed by atoms with van der Waals surface area (Å²) in [7, 11) is 0. The van der Waals surface area contributed by atoms with Crippen LogP contribution in [0.2, 0.25) is 0 Å². The maximum atomic E-state index is 14.1. The van der Waals surface area contributed by atoms with Crippen molar-refractivity contribution in [2.75, 3.05) is 6.54 Å². The Hall–Kier alpha value is -3.35. The van der Waals surface area contributed by atoms with E-state index in [1.165, 1.54) is 0 Å². The van der Waals surface area contributed by atoms with E-state index < -0.39 is 23.8 Å². The zero-order chi connectivity index (χ0) is 27.4. The van der Waals surface area contributed by atoms with Gasteiger partial charge in [-0.2, -0.15) is 0 Å². The zero-order valence-electron chi connectivity index (χ0n) is 23.1. The fourth-order valence-electron chi connectivity index (χ4n) is 4.24. The average Bonchev–Trinajstić information content (AvgIpc) is 2.83. The van der Waals surface area contributed by atoms with Gasteiger partial charge < -0.3 is 20.3 Å². The van der Waals surface area contributed by atoms with Gasteiger partial charge in [0.25, 0.3) is 0 Å². The Labute approximate surface area is 222 Å². The van der Waals surface area contributed by atoms with Gasteiger partial charge in [-0.25, -0.2) is 4.79 Å². The second kappa shape index (κ2) is 14.4. The number of carbonyl (C=O) groups is 3. The van der Waals surface area contributed by atoms with Crippen LogP contribution in [0.1, 0.15) is 78.0 Å². The van der Waals surface area contributed by atoms with Crippen molar-refractivity contribution in [2.24, 2.45) is 0 Å². The molecule has 0 aliphatic carbocycles. The summed E-state index contributed by atoms with van der Waals surface area (Å²) in [6.07, 6.45) is 2.03. The Bertz CT molecular complexity index is 989. The molecule has 0 bridgehead atoms. The molecule has 0 saturated carbocycles. The lowest BCUT2D eigenvalue weighted by atomic mass is 9.99. The second-order valence-corrected chi connectivity index (χ2v) is 10.4. The first kappa shape index (κ1) is 29.9. The van der Waals surface area contributed by atoms with E-state index in [9.17, 15) is 14.4 Å². The lowest BCUT2D eigenvalue weighted by Gasteiger charge is -2.35. The van der Waals surface area contributed by atoms with Crippen molar-refractivity contribution < 1.29 is 19.1 Å². The molecular formula is C30H43N3O4. The number of benzene rings is 2. The molecule has 3 amide bonds. The van der Waals surface area contributed by atoms with Gasteiger partial charge in [0.1, 0.15) is 17.7 Å². The highest BCUT2D eigenvalue weighted by Gasteiger charge is 2.36. The van der Waals surface area contributed by atoms with Crippen molar-refractivity contribution >= 4 is 17.9 Å². The van der Waals surface area contributed by atoms with Crippen molar-refractivity contribution in [1.82, 2.24) is 15.5 Å². The van der Waals surface area contributed by atoms with Gasteiger partial charge in [0.05, 0.1) is 0 Å². The fourth-order valence-corrected chi connectivity index (χ4v) is 4.24. The van der Waals surface area contributed by atoms with Crippen LogP contribution in [-0.2, 0) is 20.7 Å². The SMILES string of the molecule is CCCC(C)NC(=O)C(c1ccccc1)N(CCC)C(=O)C(Cc1ccccc1)NC(=O)OC(C)(C)C. The molecule has 202 valence electrons. The molecule has 7 nitrogen and oxygen atoms in total. The van der Waals surface area contributed by atoms with E-state index in [-0.39, 0.29) is 24.3 Å². The first-order valence-corrected chi connectivity index (χ1v) is 13.2. The molecule has 0 aliphatic heterocycles. The molecule has 37 heavy (non-hydrogen) atoms. The largest absolute Gasteiger partial charge is 0.444 e. The van der Waals surface area contributed by atoms with Crippen LogP contribution in [0, 0.1) is 0 Å². The summed E-state index contributed by atoms with van der Waals surface area (Å²) in [5.41, 5.74) is 0.905. The summed E-state index contributed by atoms with van der Waals surface area (Å²) >= 11 is 0. The Morgan fingerprint density at radius 3 is 2.03 bits per heavy atom. The van der Waals surface area contributed by atoms with Gasteiger partial charge in [0.2, 0.25) is 11.8 Å². The minimum Gasteiger partial charge on any atom is -0.444 e. The standard InChI is InChI=1S/C30H43N3O4/c1-7-15-22(3)31-27(34)26(24-18-13-10-14-19-24)33(20-8-2)28(35)25(21-23-16-11-9-12-17-23)32-29(36)37-30(4,5)6/h9-14,16-19,22,25-26H,7-8,15,20-21H2,1-6H3,(H,31,34)(H,32,36). The van der Waals surface area contributed by atoms with Crippen LogP contribution < -0.4 is 10.6 Å². The van der Waals surface area contributed by atoms with Crippen LogP contribution in [0.3, 0.4) is 0 Å². The van der Waals surface area contributed by atoms with E-state index in [1.54, 1.807) is 25.7 Å². The predicted octanol–water partition coefficient (Wildman–Crippen LogP) is 5.41. The van der Waals surface area contributed by atoms with Gasteiger partial charge >= 0.3 is 6.09 Å². The number of nitrogens with zero attached hydrogens (tertiary/aromatic N) is 1. The number of carbonyl (C=O) groups excluding carboxylic acids is 3. The van der Waals surface area contributed by atoms with Crippen LogP contribution >= 0.6 is 0 Å². The van der Waals surface area contributed by atoms with E-state index in [0.717, 1.165) is 24.0 Å². The minimum absolute atomic E-state index is 0.0257. The summed E-state index contributed by atoms with van der Waals surface area (Å²) in [6.45, 7) is 11.7. The molecule has 7 heteroatoms. The molecule has 2 rings (SSSR count). The summed E-state index contributed by atoms with van der Waals surface area (Å²) in [5.74, 6) is -0.562. The van der Waals surface area contributed by atoms with Crippen molar-refractivity contribution in [3.63, 3.8) is 0 Å². The number of amides is 3. The van der Waals surface area contributed by atoms with Crippen molar-refractivity contribution in [3.8, 4) is 0 Å². The maximum Gasteiger partial charge on any atom is 0.408 e. The van der Waals surface area contributed by atoms with Crippen molar-refractivity contribution in [2.45, 2.75) is 91.0 Å². The Kier molecular flexibility index (Phi) is 11.6. The highest BCUT2D eigenvalue weighted by Crippen LogP contribution is 2.24. The van der Waals surface area contributed by atoms with Gasteiger partial charge in [0, 0.05) is 19.0 Å². The normalized spacial score (nSPS) is 13.7. The molecule has 2 aromatic carbocycles. The molecule has 0 spiro atoms. The van der Waals surface area contributed by atoms with Crippen LogP contribution in [0.4, 0.5) is 4.79 Å². The average molecular weight is 510 g/mol. The second-order valence-electron chi connectivity index (χ2n) is 10.4. The quantitative estimate of drug-likeness (QED) is 0.401. The van der Waals surface area contributed by atoms with E-state index in [1.807, 2.05) is 74.5 Å². The summed E-state index contributed by atoms with van der Waals surface area (Å²) in [4.78, 5) is 42.1. The van der Waals surface area contributed by atoms with Crippen molar-refractivity contribution in [3.05, 3.63) is 71.8 Å². The summed E-state index contributed by atoms with van der Waals surface area (Å²) < 4.78 is 5.47.